The van der Waals surface area contributed by atoms with E-state index < -0.39 is 7.82 Å². The van der Waals surface area contributed by atoms with Crippen LogP contribution in [0.25, 0.3) is 0 Å². The summed E-state index contributed by atoms with van der Waals surface area (Å²) in [6.45, 7) is 2.53. The molecule has 0 aliphatic carbocycles. The van der Waals surface area contributed by atoms with Crippen LogP contribution in [-0.4, -0.2) is 35.6 Å². The monoisotopic (exact) mass is 362 g/mol. The lowest BCUT2D eigenvalue weighted by Crippen LogP contribution is -2.41. The molecule has 7 nitrogen and oxygen atoms in total. The number of carbonyl (C=O) groups is 1. The highest BCUT2D eigenvalue weighted by atomic mass is 32.2. The van der Waals surface area contributed by atoms with Crippen molar-refractivity contribution in [3.63, 3.8) is 0 Å². The minimum atomic E-state index is -3.96. The summed E-state index contributed by atoms with van der Waals surface area (Å²) in [5.74, 6) is 0. The van der Waals surface area contributed by atoms with E-state index in [0.717, 1.165) is 19.2 Å². The molecule has 0 amide bonds. The number of hydrogen-bond acceptors (Lipinski definition) is 6. The van der Waals surface area contributed by atoms with Crippen LogP contribution in [0.5, 0.6) is 0 Å². The number of nitrogens with zero attached hydrogens (tertiary/aromatic N) is 1. The van der Waals surface area contributed by atoms with E-state index in [1.165, 1.54) is 11.8 Å². The lowest BCUT2D eigenvalue weighted by molar-refractivity contribution is -0.708. The van der Waals surface area contributed by atoms with Crippen molar-refractivity contribution in [3.05, 3.63) is 30.1 Å². The summed E-state index contributed by atoms with van der Waals surface area (Å²) in [5, 5.41) is 0.250. The number of hydrogen-bond donors (Lipinski definition) is 1. The van der Waals surface area contributed by atoms with Crippen LogP contribution in [0, 0.1) is 0 Å². The van der Waals surface area contributed by atoms with Crippen LogP contribution in [-0.2, 0) is 29.7 Å². The third-order valence-electron chi connectivity index (χ3n) is 3.42. The van der Waals surface area contributed by atoms with Crippen molar-refractivity contribution in [1.29, 1.82) is 0 Å². The fourth-order valence-corrected chi connectivity index (χ4v) is 3.72. The molecule has 1 aromatic heterocycles. The van der Waals surface area contributed by atoms with Gasteiger partial charge in [-0.25, -0.2) is 4.57 Å². The summed E-state index contributed by atoms with van der Waals surface area (Å²) in [7, 11) is -2.84. The number of phosphoric ester groups is 1. The molecule has 3 unspecified atom stereocenters. The molecule has 1 aliphatic heterocycles. The van der Waals surface area contributed by atoms with Crippen molar-refractivity contribution in [2.24, 2.45) is 0 Å². The van der Waals surface area contributed by atoms with Crippen molar-refractivity contribution >= 4 is 24.7 Å². The molecule has 0 bridgehead atoms. The Hall–Kier alpha value is -0.760. The average molecular weight is 362 g/mol. The van der Waals surface area contributed by atoms with Gasteiger partial charge in [0.1, 0.15) is 12.7 Å². The van der Waals surface area contributed by atoms with Crippen molar-refractivity contribution < 1.29 is 32.6 Å². The number of pyridine rings is 1. The summed E-state index contributed by atoms with van der Waals surface area (Å²) in [6, 6.07) is 5.73. The Morgan fingerprint density at radius 3 is 3.04 bits per heavy atom. The average Bonchev–Trinajstić information content (AvgIpc) is 2.95. The molecule has 1 aromatic rings. The Morgan fingerprint density at radius 1 is 1.57 bits per heavy atom. The van der Waals surface area contributed by atoms with Gasteiger partial charge in [-0.3, -0.25) is 13.8 Å². The SMILES string of the molecule is COP(=O)(O)OCC[n+]1ccccc1C1CC(SC(C)=O)CO1. The van der Waals surface area contributed by atoms with Crippen LogP contribution >= 0.6 is 19.6 Å². The molecule has 3 atom stereocenters. The molecule has 9 heteroatoms. The van der Waals surface area contributed by atoms with Gasteiger partial charge in [0.05, 0.1) is 6.61 Å². The molecule has 1 N–H and O–H groups in total. The quantitative estimate of drug-likeness (QED) is 0.585. The maximum absolute atomic E-state index is 11.3. The highest BCUT2D eigenvalue weighted by molar-refractivity contribution is 8.14. The standard InChI is InChI=1S/C14H20NO6PS/c1-11(16)23-12-9-14(20-10-12)13-5-3-4-6-15(13)7-8-21-22(17,18)19-2/h3-6,12,14H,7-10H2,1-2H3/p+1. The van der Waals surface area contributed by atoms with Crippen LogP contribution in [0.15, 0.2) is 24.4 Å². The van der Waals surface area contributed by atoms with E-state index in [2.05, 4.69) is 4.52 Å². The van der Waals surface area contributed by atoms with E-state index in [1.54, 1.807) is 6.92 Å². The Balaban J connectivity index is 1.98. The molecule has 128 valence electrons. The molecule has 2 rings (SSSR count). The molecule has 0 aromatic carbocycles. The highest BCUT2D eigenvalue weighted by Gasteiger charge is 2.33. The smallest absolute Gasteiger partial charge is 0.366 e. The maximum Gasteiger partial charge on any atom is 0.472 e. The molecular weight excluding hydrogens is 341 g/mol. The summed E-state index contributed by atoms with van der Waals surface area (Å²) in [5.41, 5.74) is 0.952. The predicted octanol–water partition coefficient (Wildman–Crippen LogP) is 1.85. The van der Waals surface area contributed by atoms with Gasteiger partial charge in [-0.15, -0.1) is 0 Å². The fraction of sp³-hybridized carbons (Fsp3) is 0.571. The number of thioether (sulfide) groups is 1. The minimum absolute atomic E-state index is 0.0433. The minimum Gasteiger partial charge on any atom is -0.366 e. The van der Waals surface area contributed by atoms with Gasteiger partial charge in [0, 0.05) is 31.4 Å². The second kappa shape index (κ2) is 8.37. The van der Waals surface area contributed by atoms with Gasteiger partial charge in [-0.05, 0) is 6.42 Å². The second-order valence-corrected chi connectivity index (χ2v) is 8.13. The van der Waals surface area contributed by atoms with E-state index in [0.29, 0.717) is 13.2 Å². The first-order valence-electron chi connectivity index (χ1n) is 7.21. The zero-order valence-electron chi connectivity index (χ0n) is 13.1. The Morgan fingerprint density at radius 2 is 2.35 bits per heavy atom. The normalized spacial score (nSPS) is 23.6. The van der Waals surface area contributed by atoms with Gasteiger partial charge in [-0.2, -0.15) is 4.57 Å². The zero-order chi connectivity index (χ0) is 16.9. The van der Waals surface area contributed by atoms with Gasteiger partial charge in [0.25, 0.3) is 0 Å². The van der Waals surface area contributed by atoms with E-state index in [4.69, 9.17) is 9.26 Å². The number of rotatable bonds is 7. The largest absolute Gasteiger partial charge is 0.472 e. The lowest BCUT2D eigenvalue weighted by atomic mass is 10.1. The van der Waals surface area contributed by atoms with E-state index in [9.17, 15) is 14.3 Å². The van der Waals surface area contributed by atoms with Crippen LogP contribution in [0.3, 0.4) is 0 Å². The van der Waals surface area contributed by atoms with Crippen LogP contribution < -0.4 is 4.57 Å². The third kappa shape index (κ3) is 5.67. The predicted molar refractivity (Wildman–Crippen MR) is 84.8 cm³/mol. The Kier molecular flexibility index (Phi) is 6.76. The number of aromatic nitrogens is 1. The van der Waals surface area contributed by atoms with Gasteiger partial charge in [-0.1, -0.05) is 17.8 Å². The van der Waals surface area contributed by atoms with Gasteiger partial charge >= 0.3 is 7.82 Å². The molecule has 0 saturated carbocycles. The van der Waals surface area contributed by atoms with E-state index in [-0.39, 0.29) is 23.1 Å². The van der Waals surface area contributed by atoms with Crippen molar-refractivity contribution in [2.75, 3.05) is 20.3 Å². The molecular formula is C14H21NO6PS+. The Bertz CT molecular complexity index is 598. The number of phosphoric acid groups is 1. The summed E-state index contributed by atoms with van der Waals surface area (Å²) in [4.78, 5) is 20.4. The molecule has 2 heterocycles. The van der Waals surface area contributed by atoms with Crippen molar-refractivity contribution in [1.82, 2.24) is 0 Å². The zero-order valence-corrected chi connectivity index (χ0v) is 14.8. The van der Waals surface area contributed by atoms with Crippen LogP contribution in [0.1, 0.15) is 25.1 Å². The Labute approximate surface area is 139 Å². The topological polar surface area (TPSA) is 85.9 Å². The first kappa shape index (κ1) is 18.6. The van der Waals surface area contributed by atoms with Crippen molar-refractivity contribution in [3.8, 4) is 0 Å². The number of ether oxygens (including phenoxy) is 1. The van der Waals surface area contributed by atoms with Gasteiger partial charge < -0.3 is 9.63 Å². The van der Waals surface area contributed by atoms with Crippen molar-refractivity contribution in [2.45, 2.75) is 31.2 Å². The lowest BCUT2D eigenvalue weighted by Gasteiger charge is -2.11. The first-order valence-corrected chi connectivity index (χ1v) is 9.59. The third-order valence-corrected chi connectivity index (χ3v) is 5.38. The first-order chi connectivity index (χ1) is 10.9. The summed E-state index contributed by atoms with van der Waals surface area (Å²) in [6.07, 6.45) is 2.52. The molecule has 1 aliphatic rings. The number of carbonyl (C=O) groups excluding carboxylic acids is 1. The van der Waals surface area contributed by atoms with Gasteiger partial charge in [0.15, 0.2) is 17.9 Å². The van der Waals surface area contributed by atoms with E-state index >= 15 is 0 Å². The van der Waals surface area contributed by atoms with Crippen LogP contribution in [0.2, 0.25) is 0 Å². The van der Waals surface area contributed by atoms with Gasteiger partial charge in [0.2, 0.25) is 5.69 Å². The van der Waals surface area contributed by atoms with Crippen LogP contribution in [0.4, 0.5) is 0 Å². The molecule has 0 radical (unpaired) electrons. The van der Waals surface area contributed by atoms with E-state index in [1.807, 2.05) is 29.0 Å². The second-order valence-electron chi connectivity index (χ2n) is 5.09. The molecule has 1 saturated heterocycles. The summed E-state index contributed by atoms with van der Waals surface area (Å²) >= 11 is 1.31. The summed E-state index contributed by atoms with van der Waals surface area (Å²) < 4.78 is 28.2. The fourth-order valence-electron chi connectivity index (χ4n) is 2.41. The molecule has 23 heavy (non-hydrogen) atoms. The molecule has 0 spiro atoms. The maximum atomic E-state index is 11.3. The molecule has 1 fully saturated rings. The highest BCUT2D eigenvalue weighted by Crippen LogP contribution is 2.41.